The first-order chi connectivity index (χ1) is 17.1. The molecule has 0 N–H and O–H groups in total. The minimum Gasteiger partial charge on any atom is -0.493 e. The van der Waals surface area contributed by atoms with E-state index in [2.05, 4.69) is 4.90 Å². The average Bonchev–Trinajstić information content (AvgIpc) is 2.84. The molecule has 11 heteroatoms. The van der Waals surface area contributed by atoms with Crippen molar-refractivity contribution in [2.24, 2.45) is 5.41 Å². The highest BCUT2D eigenvalue weighted by atomic mass is 32.2. The fourth-order valence-corrected chi connectivity index (χ4v) is 6.50. The van der Waals surface area contributed by atoms with Gasteiger partial charge in [-0.1, -0.05) is 6.07 Å². The van der Waals surface area contributed by atoms with Crippen LogP contribution in [0.2, 0.25) is 0 Å². The zero-order valence-corrected chi connectivity index (χ0v) is 20.9. The molecule has 2 aliphatic heterocycles. The summed E-state index contributed by atoms with van der Waals surface area (Å²) in [5, 5.41) is 0. The maximum atomic E-state index is 14.4. The fourth-order valence-electron chi connectivity index (χ4n) is 4.79. The Balaban J connectivity index is 1.60. The Hall–Kier alpha value is -2.63. The zero-order chi connectivity index (χ0) is 25.9. The number of carbonyl (C=O) groups is 1. The van der Waals surface area contributed by atoms with E-state index in [0.29, 0.717) is 31.7 Å². The lowest BCUT2D eigenvalue weighted by atomic mass is 9.78. The molecule has 1 amide bonds. The van der Waals surface area contributed by atoms with Crippen LogP contribution in [0.5, 0.6) is 5.75 Å². The highest BCUT2D eigenvalue weighted by Crippen LogP contribution is 2.38. The summed E-state index contributed by atoms with van der Waals surface area (Å²) in [4.78, 5) is 16.2. The number of piperidine rings is 1. The summed E-state index contributed by atoms with van der Waals surface area (Å²) in [6.45, 7) is 2.51. The molecule has 36 heavy (non-hydrogen) atoms. The van der Waals surface area contributed by atoms with Gasteiger partial charge in [-0.05, 0) is 56.3 Å². The van der Waals surface area contributed by atoms with Crippen LogP contribution in [0.1, 0.15) is 19.3 Å². The topological polar surface area (TPSA) is 70.2 Å². The van der Waals surface area contributed by atoms with Crippen molar-refractivity contribution in [3.05, 3.63) is 59.9 Å². The number of nitrogens with zero attached hydrogens (tertiary/aromatic N) is 3. The van der Waals surface area contributed by atoms with E-state index in [1.54, 1.807) is 4.90 Å². The second-order valence-electron chi connectivity index (χ2n) is 9.60. The first kappa shape index (κ1) is 26.4. The van der Waals surface area contributed by atoms with Gasteiger partial charge in [0, 0.05) is 51.1 Å². The van der Waals surface area contributed by atoms with Crippen LogP contribution in [0.3, 0.4) is 0 Å². The van der Waals surface area contributed by atoms with Crippen LogP contribution in [0.4, 0.5) is 13.2 Å². The van der Waals surface area contributed by atoms with Gasteiger partial charge in [0.1, 0.15) is 23.2 Å². The van der Waals surface area contributed by atoms with Gasteiger partial charge in [0.2, 0.25) is 15.9 Å². The molecule has 196 valence electrons. The number of sulfonamides is 1. The molecule has 2 heterocycles. The Morgan fingerprint density at radius 2 is 1.61 bits per heavy atom. The second kappa shape index (κ2) is 10.8. The molecule has 2 fully saturated rings. The van der Waals surface area contributed by atoms with Crippen molar-refractivity contribution < 1.29 is 31.1 Å². The third kappa shape index (κ3) is 5.84. The molecule has 0 aromatic heterocycles. The molecule has 7 nitrogen and oxygen atoms in total. The Kier molecular flexibility index (Phi) is 7.91. The largest absolute Gasteiger partial charge is 0.493 e. The van der Waals surface area contributed by atoms with Crippen molar-refractivity contribution in [3.8, 4) is 5.75 Å². The number of likely N-dealkylation sites (N-methyl/N-ethyl adjacent to an activating group) is 1. The first-order valence-corrected chi connectivity index (χ1v) is 13.3. The SMILES string of the molecule is CN1CCN(C(=O)C[C@@]2(COc3ccc(F)cc3)CCCN(S(=O)(=O)c3c(F)cccc3F)C2)CC1. The van der Waals surface area contributed by atoms with Crippen LogP contribution in [-0.4, -0.2) is 81.4 Å². The molecular formula is C25H30F3N3O4S. The Bertz CT molecular complexity index is 1170. The number of hydrogen-bond acceptors (Lipinski definition) is 5. The van der Waals surface area contributed by atoms with E-state index < -0.39 is 37.8 Å². The molecule has 0 spiro atoms. The molecular weight excluding hydrogens is 495 g/mol. The van der Waals surface area contributed by atoms with Gasteiger partial charge >= 0.3 is 0 Å². The van der Waals surface area contributed by atoms with Crippen LogP contribution >= 0.6 is 0 Å². The number of carbonyl (C=O) groups excluding carboxylic acids is 1. The lowest BCUT2D eigenvalue weighted by molar-refractivity contribution is -0.136. The predicted octanol–water partition coefficient (Wildman–Crippen LogP) is 3.12. The summed E-state index contributed by atoms with van der Waals surface area (Å²) < 4.78 is 75.7. The first-order valence-electron chi connectivity index (χ1n) is 11.9. The molecule has 1 atom stereocenters. The summed E-state index contributed by atoms with van der Waals surface area (Å²) >= 11 is 0. The lowest BCUT2D eigenvalue weighted by Crippen LogP contribution is -2.53. The molecule has 0 bridgehead atoms. The van der Waals surface area contributed by atoms with Crippen molar-refractivity contribution in [2.45, 2.75) is 24.2 Å². The minimum absolute atomic E-state index is 0.0100. The highest BCUT2D eigenvalue weighted by Gasteiger charge is 2.44. The third-order valence-electron chi connectivity index (χ3n) is 6.88. The normalized spacial score (nSPS) is 21.9. The van der Waals surface area contributed by atoms with E-state index in [9.17, 15) is 26.4 Å². The molecule has 0 radical (unpaired) electrons. The van der Waals surface area contributed by atoms with E-state index in [0.717, 1.165) is 35.6 Å². The smallest absolute Gasteiger partial charge is 0.248 e. The van der Waals surface area contributed by atoms with E-state index in [1.807, 2.05) is 7.05 Å². The van der Waals surface area contributed by atoms with Gasteiger partial charge in [-0.3, -0.25) is 4.79 Å². The minimum atomic E-state index is -4.50. The van der Waals surface area contributed by atoms with Crippen molar-refractivity contribution in [3.63, 3.8) is 0 Å². The van der Waals surface area contributed by atoms with Crippen LogP contribution in [-0.2, 0) is 14.8 Å². The van der Waals surface area contributed by atoms with Crippen molar-refractivity contribution >= 4 is 15.9 Å². The molecule has 0 aliphatic carbocycles. The van der Waals surface area contributed by atoms with Crippen LogP contribution in [0.25, 0.3) is 0 Å². The number of hydrogen-bond donors (Lipinski definition) is 0. The Morgan fingerprint density at radius 3 is 2.25 bits per heavy atom. The summed E-state index contributed by atoms with van der Waals surface area (Å²) in [7, 11) is -2.53. The van der Waals surface area contributed by atoms with E-state index in [-0.39, 0.29) is 32.0 Å². The second-order valence-corrected chi connectivity index (χ2v) is 11.5. The van der Waals surface area contributed by atoms with Crippen molar-refractivity contribution in [2.75, 3.05) is 52.9 Å². The standard InChI is InChI=1S/C25H30F3N3O4S/c1-29-12-14-30(15-13-29)23(32)16-25(18-35-20-8-6-19(26)7-9-20)10-3-11-31(17-25)36(33,34)24-21(27)4-2-5-22(24)28/h2,4-9H,3,10-18H2,1H3/t25-/m0/s1. The Labute approximate surface area is 209 Å². The van der Waals surface area contributed by atoms with Gasteiger partial charge in [0.25, 0.3) is 0 Å². The summed E-state index contributed by atoms with van der Waals surface area (Å²) in [5.74, 6) is -2.50. The summed E-state index contributed by atoms with van der Waals surface area (Å²) in [6, 6.07) is 8.32. The number of halogens is 3. The van der Waals surface area contributed by atoms with Crippen LogP contribution in [0.15, 0.2) is 47.4 Å². The molecule has 0 unspecified atom stereocenters. The predicted molar refractivity (Wildman–Crippen MR) is 127 cm³/mol. The maximum Gasteiger partial charge on any atom is 0.248 e. The molecule has 2 aliphatic rings. The molecule has 2 saturated heterocycles. The average molecular weight is 526 g/mol. The summed E-state index contributed by atoms with van der Waals surface area (Å²) in [5.41, 5.74) is -0.929. The monoisotopic (exact) mass is 525 g/mol. The van der Waals surface area contributed by atoms with Gasteiger partial charge in [0.15, 0.2) is 4.90 Å². The number of benzene rings is 2. The third-order valence-corrected chi connectivity index (χ3v) is 8.78. The van der Waals surface area contributed by atoms with Crippen LogP contribution in [0, 0.1) is 22.9 Å². The van der Waals surface area contributed by atoms with E-state index in [1.165, 1.54) is 24.3 Å². The van der Waals surface area contributed by atoms with Gasteiger partial charge < -0.3 is 14.5 Å². The van der Waals surface area contributed by atoms with E-state index >= 15 is 0 Å². The molecule has 4 rings (SSSR count). The van der Waals surface area contributed by atoms with Crippen molar-refractivity contribution in [1.82, 2.24) is 14.1 Å². The Morgan fingerprint density at radius 1 is 0.972 bits per heavy atom. The molecule has 0 saturated carbocycles. The summed E-state index contributed by atoms with van der Waals surface area (Å²) in [6.07, 6.45) is 0.890. The van der Waals surface area contributed by atoms with Crippen LogP contribution < -0.4 is 4.74 Å². The number of ether oxygens (including phenoxy) is 1. The molecule has 2 aromatic rings. The van der Waals surface area contributed by atoms with E-state index in [4.69, 9.17) is 4.74 Å². The van der Waals surface area contributed by atoms with Gasteiger partial charge in [-0.25, -0.2) is 21.6 Å². The lowest BCUT2D eigenvalue weighted by Gasteiger charge is -2.43. The number of piperazine rings is 1. The number of amides is 1. The fraction of sp³-hybridized carbons (Fsp3) is 0.480. The quantitative estimate of drug-likeness (QED) is 0.556. The van der Waals surface area contributed by atoms with Gasteiger partial charge in [-0.15, -0.1) is 0 Å². The highest BCUT2D eigenvalue weighted by molar-refractivity contribution is 7.89. The van der Waals surface area contributed by atoms with Crippen molar-refractivity contribution in [1.29, 1.82) is 0 Å². The zero-order valence-electron chi connectivity index (χ0n) is 20.1. The van der Waals surface area contributed by atoms with Gasteiger partial charge in [-0.2, -0.15) is 4.31 Å². The number of rotatable bonds is 7. The van der Waals surface area contributed by atoms with Gasteiger partial charge in [0.05, 0.1) is 6.61 Å². The molecule has 2 aromatic carbocycles. The maximum absolute atomic E-state index is 14.4.